The summed E-state index contributed by atoms with van der Waals surface area (Å²) in [6.45, 7) is 16.3. The molecule has 1 rings (SSSR count). The van der Waals surface area contributed by atoms with Crippen molar-refractivity contribution in [3.8, 4) is 0 Å². The molecule has 0 saturated carbocycles. The first-order valence-corrected chi connectivity index (χ1v) is 12.0. The van der Waals surface area contributed by atoms with E-state index in [4.69, 9.17) is 9.16 Å². The molecule has 1 fully saturated rings. The number of amides is 2. The minimum absolute atomic E-state index is 0.110. The lowest BCUT2D eigenvalue weighted by molar-refractivity contribution is -0.129. The molecule has 1 unspecified atom stereocenters. The van der Waals surface area contributed by atoms with E-state index in [-0.39, 0.29) is 22.9 Å². The molecule has 1 aliphatic heterocycles. The van der Waals surface area contributed by atoms with E-state index in [9.17, 15) is 9.59 Å². The summed E-state index contributed by atoms with van der Waals surface area (Å²) in [6, 6.07) is -0.119. The van der Waals surface area contributed by atoms with Crippen LogP contribution in [-0.4, -0.2) is 44.5 Å². The number of rotatable bonds is 8. The fourth-order valence-electron chi connectivity index (χ4n) is 2.43. The maximum absolute atomic E-state index is 12.3. The number of carbonyl (C=O) groups is 2. The Kier molecular flexibility index (Phi) is 7.47. The molecule has 0 radical (unpaired) electrons. The normalized spacial score (nSPS) is 19.1. The molecule has 0 N–H and O–H groups in total. The maximum atomic E-state index is 12.3. The Hall–Kier alpha value is -0.883. The van der Waals surface area contributed by atoms with Crippen molar-refractivity contribution in [2.24, 2.45) is 5.92 Å². The molecule has 24 heavy (non-hydrogen) atoms. The number of unbranched alkanes of at least 4 members (excludes halogenated alkanes) is 2. The van der Waals surface area contributed by atoms with Gasteiger partial charge in [0, 0.05) is 13.0 Å². The number of carbonyl (C=O) groups excluding carboxylic acids is 2. The maximum Gasteiger partial charge on any atom is 0.416 e. The molecule has 0 aromatic carbocycles. The van der Waals surface area contributed by atoms with Gasteiger partial charge in [0.1, 0.15) is 6.61 Å². The molecular weight excluding hydrogens is 322 g/mol. The van der Waals surface area contributed by atoms with E-state index >= 15 is 0 Å². The van der Waals surface area contributed by atoms with Crippen molar-refractivity contribution >= 4 is 20.3 Å². The number of imide groups is 1. The molecule has 1 atom stereocenters. The van der Waals surface area contributed by atoms with Crippen LogP contribution >= 0.6 is 0 Å². The van der Waals surface area contributed by atoms with Gasteiger partial charge in [-0.1, -0.05) is 41.0 Å². The molecule has 1 saturated heterocycles. The third-order valence-corrected chi connectivity index (χ3v) is 9.79. The molecule has 0 aliphatic carbocycles. The van der Waals surface area contributed by atoms with Gasteiger partial charge in [-0.15, -0.1) is 0 Å². The average Bonchev–Trinajstić information content (AvgIpc) is 2.83. The Morgan fingerprint density at radius 1 is 1.29 bits per heavy atom. The fourth-order valence-corrected chi connectivity index (χ4v) is 3.52. The van der Waals surface area contributed by atoms with Crippen molar-refractivity contribution in [2.75, 3.05) is 13.2 Å². The highest BCUT2D eigenvalue weighted by atomic mass is 28.4. The highest BCUT2D eigenvalue weighted by Crippen LogP contribution is 2.36. The van der Waals surface area contributed by atoms with Crippen molar-refractivity contribution in [3.05, 3.63) is 0 Å². The Labute approximate surface area is 148 Å². The van der Waals surface area contributed by atoms with Crippen LogP contribution in [0.15, 0.2) is 0 Å². The lowest BCUT2D eigenvalue weighted by Crippen LogP contribution is -2.41. The zero-order valence-electron chi connectivity index (χ0n) is 16.5. The zero-order valence-corrected chi connectivity index (χ0v) is 17.5. The molecule has 5 nitrogen and oxygen atoms in total. The van der Waals surface area contributed by atoms with Crippen LogP contribution in [0.1, 0.15) is 60.3 Å². The van der Waals surface area contributed by atoms with E-state index in [1.54, 1.807) is 0 Å². The number of nitrogens with zero attached hydrogens (tertiary/aromatic N) is 1. The highest BCUT2D eigenvalue weighted by molar-refractivity contribution is 6.74. The highest BCUT2D eigenvalue weighted by Gasteiger charge is 2.39. The van der Waals surface area contributed by atoms with Gasteiger partial charge >= 0.3 is 6.09 Å². The quantitative estimate of drug-likeness (QED) is 0.471. The molecule has 0 bridgehead atoms. The smallest absolute Gasteiger partial charge is 0.416 e. The van der Waals surface area contributed by atoms with Crippen molar-refractivity contribution in [1.29, 1.82) is 0 Å². The minimum atomic E-state index is -1.68. The molecule has 0 aromatic rings. The average molecular weight is 358 g/mol. The predicted octanol–water partition coefficient (Wildman–Crippen LogP) is 4.57. The van der Waals surface area contributed by atoms with E-state index in [0.717, 1.165) is 25.9 Å². The summed E-state index contributed by atoms with van der Waals surface area (Å²) in [5.41, 5.74) is 0. The second kappa shape index (κ2) is 8.47. The monoisotopic (exact) mass is 357 g/mol. The fraction of sp³-hybridized carbons (Fsp3) is 0.889. The molecule has 6 heteroatoms. The topological polar surface area (TPSA) is 55.8 Å². The summed E-state index contributed by atoms with van der Waals surface area (Å²) in [6.07, 6.45) is 2.60. The van der Waals surface area contributed by atoms with Gasteiger partial charge in [-0.2, -0.15) is 0 Å². The summed E-state index contributed by atoms with van der Waals surface area (Å²) in [4.78, 5) is 25.3. The van der Waals surface area contributed by atoms with Gasteiger partial charge in [0.2, 0.25) is 5.91 Å². The second-order valence-corrected chi connectivity index (χ2v) is 13.4. The van der Waals surface area contributed by atoms with Crippen LogP contribution in [0.3, 0.4) is 0 Å². The number of ether oxygens (including phenoxy) is 1. The Morgan fingerprint density at radius 3 is 2.46 bits per heavy atom. The van der Waals surface area contributed by atoms with Crippen molar-refractivity contribution in [2.45, 2.75) is 84.5 Å². The molecule has 1 heterocycles. The van der Waals surface area contributed by atoms with Crippen LogP contribution < -0.4 is 0 Å². The van der Waals surface area contributed by atoms with E-state index < -0.39 is 14.4 Å². The molecule has 0 spiro atoms. The SMILES string of the molecule is CC(C)C1COC(=O)N1C(=O)CCCCCO[Si](C)(C)C(C)(C)C. The second-order valence-electron chi connectivity index (χ2n) is 8.57. The summed E-state index contributed by atoms with van der Waals surface area (Å²) in [7, 11) is -1.68. The predicted molar refractivity (Wildman–Crippen MR) is 98.4 cm³/mol. The van der Waals surface area contributed by atoms with Crippen molar-refractivity contribution in [3.63, 3.8) is 0 Å². The Morgan fingerprint density at radius 2 is 1.92 bits per heavy atom. The minimum Gasteiger partial charge on any atom is -0.447 e. The zero-order chi connectivity index (χ0) is 18.5. The third kappa shape index (κ3) is 5.58. The van der Waals surface area contributed by atoms with Crippen LogP contribution in [0.4, 0.5) is 4.79 Å². The molecule has 1 aliphatic rings. The lowest BCUT2D eigenvalue weighted by atomic mass is 10.0. The van der Waals surface area contributed by atoms with E-state index in [2.05, 4.69) is 33.9 Å². The Balaban J connectivity index is 2.28. The summed E-state index contributed by atoms with van der Waals surface area (Å²) in [5, 5.41) is 0.227. The van der Waals surface area contributed by atoms with Gasteiger partial charge in [0.25, 0.3) is 0 Å². The van der Waals surface area contributed by atoms with Gasteiger partial charge in [0.05, 0.1) is 6.04 Å². The van der Waals surface area contributed by atoms with Crippen LogP contribution in [0.5, 0.6) is 0 Å². The Bertz CT molecular complexity index is 443. The van der Waals surface area contributed by atoms with Crippen LogP contribution in [0.2, 0.25) is 18.1 Å². The number of cyclic esters (lactones) is 1. The van der Waals surface area contributed by atoms with E-state index in [1.807, 2.05) is 13.8 Å². The van der Waals surface area contributed by atoms with Crippen LogP contribution in [0, 0.1) is 5.92 Å². The van der Waals surface area contributed by atoms with Gasteiger partial charge in [-0.3, -0.25) is 4.79 Å². The lowest BCUT2D eigenvalue weighted by Gasteiger charge is -2.36. The van der Waals surface area contributed by atoms with Gasteiger partial charge in [-0.05, 0) is 36.9 Å². The first-order valence-electron chi connectivity index (χ1n) is 9.10. The first kappa shape index (κ1) is 21.2. The summed E-state index contributed by atoms with van der Waals surface area (Å²) >= 11 is 0. The molecule has 2 amide bonds. The van der Waals surface area contributed by atoms with Gasteiger partial charge in [-0.25, -0.2) is 9.69 Å². The summed E-state index contributed by atoms with van der Waals surface area (Å²) < 4.78 is 11.2. The van der Waals surface area contributed by atoms with E-state index in [1.165, 1.54) is 4.90 Å². The number of hydrogen-bond acceptors (Lipinski definition) is 4. The molecule has 140 valence electrons. The third-order valence-electron chi connectivity index (χ3n) is 5.25. The number of hydrogen-bond donors (Lipinski definition) is 0. The van der Waals surface area contributed by atoms with Crippen LogP contribution in [-0.2, 0) is 14.0 Å². The van der Waals surface area contributed by atoms with Crippen molar-refractivity contribution in [1.82, 2.24) is 4.90 Å². The van der Waals surface area contributed by atoms with Crippen molar-refractivity contribution < 1.29 is 18.8 Å². The standard InChI is InChI=1S/C18H35NO4Si/c1-14(2)15-13-22-17(21)19(15)16(20)11-9-8-10-12-23-24(6,7)18(3,4)5/h14-15H,8-13H2,1-7H3. The molecule has 0 aromatic heterocycles. The first-order chi connectivity index (χ1) is 11.0. The van der Waals surface area contributed by atoms with Crippen LogP contribution in [0.25, 0.3) is 0 Å². The van der Waals surface area contributed by atoms with E-state index in [0.29, 0.717) is 13.0 Å². The molecular formula is C18H35NO4Si. The van der Waals surface area contributed by atoms with Gasteiger partial charge < -0.3 is 9.16 Å². The van der Waals surface area contributed by atoms with Gasteiger partial charge in [0.15, 0.2) is 8.32 Å². The summed E-state index contributed by atoms with van der Waals surface area (Å²) in [5.74, 6) is 0.111. The largest absolute Gasteiger partial charge is 0.447 e.